The van der Waals surface area contributed by atoms with Gasteiger partial charge in [0.2, 0.25) is 0 Å². The van der Waals surface area contributed by atoms with Gasteiger partial charge in [-0.15, -0.1) is 0 Å². The monoisotopic (exact) mass is 224 g/mol. The summed E-state index contributed by atoms with van der Waals surface area (Å²) < 4.78 is 5.31. The molecule has 1 rings (SSSR count). The first-order valence-electron chi connectivity index (χ1n) is 5.03. The molecule has 0 aliphatic rings. The van der Waals surface area contributed by atoms with E-state index in [9.17, 15) is 4.79 Å². The highest BCUT2D eigenvalue weighted by atomic mass is 32.2. The highest BCUT2D eigenvalue weighted by Gasteiger charge is 2.04. The summed E-state index contributed by atoms with van der Waals surface area (Å²) in [7, 11) is 0. The van der Waals surface area contributed by atoms with Crippen LogP contribution in [-0.2, 0) is 0 Å². The van der Waals surface area contributed by atoms with E-state index in [4.69, 9.17) is 4.74 Å². The van der Waals surface area contributed by atoms with E-state index in [2.05, 4.69) is 0 Å². The van der Waals surface area contributed by atoms with Crippen molar-refractivity contribution in [3.05, 3.63) is 29.8 Å². The van der Waals surface area contributed by atoms with Gasteiger partial charge in [0, 0.05) is 17.7 Å². The van der Waals surface area contributed by atoms with Gasteiger partial charge in [-0.1, -0.05) is 0 Å². The minimum absolute atomic E-state index is 0.201. The van der Waals surface area contributed by atoms with Crippen molar-refractivity contribution in [1.82, 2.24) is 0 Å². The molecule has 0 amide bonds. The van der Waals surface area contributed by atoms with E-state index in [0.29, 0.717) is 13.0 Å². The van der Waals surface area contributed by atoms with Gasteiger partial charge in [-0.05, 0) is 37.4 Å². The molecule has 0 atom stereocenters. The van der Waals surface area contributed by atoms with Crippen molar-refractivity contribution in [2.45, 2.75) is 13.3 Å². The number of thioether (sulfide) groups is 1. The van der Waals surface area contributed by atoms with Crippen LogP contribution in [0.4, 0.5) is 0 Å². The lowest BCUT2D eigenvalue weighted by Gasteiger charge is -2.04. The summed E-state index contributed by atoms with van der Waals surface area (Å²) in [4.78, 5) is 11.6. The fraction of sp³-hybridized carbons (Fsp3) is 0.417. The van der Waals surface area contributed by atoms with Crippen LogP contribution in [0.15, 0.2) is 24.3 Å². The van der Waals surface area contributed by atoms with Crippen LogP contribution in [-0.4, -0.2) is 24.4 Å². The molecule has 15 heavy (non-hydrogen) atoms. The molecule has 0 fully saturated rings. The average molecular weight is 224 g/mol. The second-order valence-electron chi connectivity index (χ2n) is 3.12. The number of ether oxygens (including phenoxy) is 1. The molecule has 0 saturated heterocycles. The second kappa shape index (κ2) is 6.51. The van der Waals surface area contributed by atoms with Crippen LogP contribution in [0, 0.1) is 0 Å². The number of carbonyl (C=O) groups excluding carboxylic acids is 1. The van der Waals surface area contributed by atoms with Gasteiger partial charge in [0.15, 0.2) is 5.78 Å². The van der Waals surface area contributed by atoms with Crippen LogP contribution in [0.25, 0.3) is 0 Å². The van der Waals surface area contributed by atoms with Gasteiger partial charge in [0.25, 0.3) is 0 Å². The van der Waals surface area contributed by atoms with Gasteiger partial charge < -0.3 is 4.74 Å². The number of hydrogen-bond donors (Lipinski definition) is 0. The normalized spacial score (nSPS) is 10.0. The van der Waals surface area contributed by atoms with Gasteiger partial charge in [-0.2, -0.15) is 11.8 Å². The van der Waals surface area contributed by atoms with Crippen molar-refractivity contribution < 1.29 is 9.53 Å². The maximum absolute atomic E-state index is 11.6. The summed E-state index contributed by atoms with van der Waals surface area (Å²) in [5.74, 6) is 1.90. The SMILES string of the molecule is CCOc1ccc(C(=O)CCSC)cc1. The molecule has 0 aromatic heterocycles. The summed E-state index contributed by atoms with van der Waals surface area (Å²) in [6, 6.07) is 7.34. The number of Topliss-reactive ketones (excluding diaryl/α,β-unsaturated/α-hetero) is 1. The molecule has 2 nitrogen and oxygen atoms in total. The van der Waals surface area contributed by atoms with Gasteiger partial charge in [0.1, 0.15) is 5.75 Å². The summed E-state index contributed by atoms with van der Waals surface area (Å²) in [6.45, 7) is 2.59. The predicted molar refractivity (Wildman–Crippen MR) is 64.9 cm³/mol. The highest BCUT2D eigenvalue weighted by molar-refractivity contribution is 7.98. The summed E-state index contributed by atoms with van der Waals surface area (Å²) >= 11 is 1.69. The standard InChI is InChI=1S/C12H16O2S/c1-3-14-11-6-4-10(5-7-11)12(13)8-9-15-2/h4-7H,3,8-9H2,1-2H3. The Hall–Kier alpha value is -0.960. The minimum Gasteiger partial charge on any atom is -0.494 e. The topological polar surface area (TPSA) is 26.3 Å². The quantitative estimate of drug-likeness (QED) is 0.695. The van der Waals surface area contributed by atoms with Crippen LogP contribution in [0.5, 0.6) is 5.75 Å². The van der Waals surface area contributed by atoms with E-state index >= 15 is 0 Å². The number of benzene rings is 1. The van der Waals surface area contributed by atoms with Gasteiger partial charge in [-0.25, -0.2) is 0 Å². The zero-order valence-electron chi connectivity index (χ0n) is 9.16. The molecule has 3 heteroatoms. The van der Waals surface area contributed by atoms with Crippen molar-refractivity contribution in [1.29, 1.82) is 0 Å². The third-order valence-corrected chi connectivity index (χ3v) is 2.63. The number of ketones is 1. The molecule has 1 aromatic carbocycles. The maximum Gasteiger partial charge on any atom is 0.163 e. The maximum atomic E-state index is 11.6. The van der Waals surface area contributed by atoms with Crippen LogP contribution < -0.4 is 4.74 Å². The number of rotatable bonds is 6. The summed E-state index contributed by atoms with van der Waals surface area (Å²) in [5.41, 5.74) is 0.771. The van der Waals surface area contributed by atoms with E-state index in [-0.39, 0.29) is 5.78 Å². The van der Waals surface area contributed by atoms with Crippen LogP contribution in [0.1, 0.15) is 23.7 Å². The third-order valence-electron chi connectivity index (χ3n) is 2.02. The molecule has 0 heterocycles. The minimum atomic E-state index is 0.201. The predicted octanol–water partition coefficient (Wildman–Crippen LogP) is 3.02. The molecule has 0 spiro atoms. The molecule has 82 valence electrons. The smallest absolute Gasteiger partial charge is 0.163 e. The third kappa shape index (κ3) is 3.96. The van der Waals surface area contributed by atoms with Gasteiger partial charge >= 0.3 is 0 Å². The molecule has 0 aliphatic heterocycles. The van der Waals surface area contributed by atoms with Crippen LogP contribution in [0.2, 0.25) is 0 Å². The van der Waals surface area contributed by atoms with E-state index in [1.165, 1.54) is 0 Å². The molecule has 1 aromatic rings. The average Bonchev–Trinajstić information content (AvgIpc) is 2.27. The van der Waals surface area contributed by atoms with E-state index in [1.807, 2.05) is 37.4 Å². The molecule has 0 N–H and O–H groups in total. The van der Waals surface area contributed by atoms with Crippen molar-refractivity contribution in [2.24, 2.45) is 0 Å². The zero-order valence-corrected chi connectivity index (χ0v) is 9.97. The molecular formula is C12H16O2S. The lowest BCUT2D eigenvalue weighted by molar-refractivity contribution is 0.0989. The highest BCUT2D eigenvalue weighted by Crippen LogP contribution is 2.14. The van der Waals surface area contributed by atoms with Gasteiger partial charge in [0.05, 0.1) is 6.61 Å². The molecule has 0 radical (unpaired) electrons. The lowest BCUT2D eigenvalue weighted by atomic mass is 10.1. The Morgan fingerprint density at radius 2 is 2.00 bits per heavy atom. The fourth-order valence-electron chi connectivity index (χ4n) is 1.24. The molecular weight excluding hydrogens is 208 g/mol. The Bertz CT molecular complexity index is 306. The number of carbonyl (C=O) groups is 1. The Kier molecular flexibility index (Phi) is 5.26. The first-order valence-corrected chi connectivity index (χ1v) is 6.42. The summed E-state index contributed by atoms with van der Waals surface area (Å²) in [5, 5.41) is 0. The van der Waals surface area contributed by atoms with E-state index < -0.39 is 0 Å². The lowest BCUT2D eigenvalue weighted by Crippen LogP contribution is -2.00. The Morgan fingerprint density at radius 1 is 1.33 bits per heavy atom. The molecule has 0 saturated carbocycles. The van der Waals surface area contributed by atoms with Gasteiger partial charge in [-0.3, -0.25) is 4.79 Å². The van der Waals surface area contributed by atoms with Crippen molar-refractivity contribution >= 4 is 17.5 Å². The fourth-order valence-corrected chi connectivity index (χ4v) is 1.63. The summed E-state index contributed by atoms with van der Waals surface area (Å²) in [6.07, 6.45) is 2.61. The van der Waals surface area contributed by atoms with E-state index in [0.717, 1.165) is 17.1 Å². The Labute approximate surface area is 95.0 Å². The second-order valence-corrected chi connectivity index (χ2v) is 4.11. The van der Waals surface area contributed by atoms with Crippen molar-refractivity contribution in [2.75, 3.05) is 18.6 Å². The van der Waals surface area contributed by atoms with Crippen LogP contribution in [0.3, 0.4) is 0 Å². The molecule has 0 aliphatic carbocycles. The van der Waals surface area contributed by atoms with E-state index in [1.54, 1.807) is 11.8 Å². The largest absolute Gasteiger partial charge is 0.494 e. The molecule has 0 unspecified atom stereocenters. The first-order chi connectivity index (χ1) is 7.27. The Balaban J connectivity index is 2.58. The zero-order chi connectivity index (χ0) is 11.1. The first kappa shape index (κ1) is 12.1. The number of hydrogen-bond acceptors (Lipinski definition) is 3. The van der Waals surface area contributed by atoms with Crippen LogP contribution >= 0.6 is 11.8 Å². The van der Waals surface area contributed by atoms with Crippen molar-refractivity contribution in [3.8, 4) is 5.75 Å². The molecule has 0 bridgehead atoms. The van der Waals surface area contributed by atoms with Crippen molar-refractivity contribution in [3.63, 3.8) is 0 Å². The Morgan fingerprint density at radius 3 is 2.53 bits per heavy atom.